The van der Waals surface area contributed by atoms with Crippen LogP contribution in [0.1, 0.15) is 5.76 Å². The van der Waals surface area contributed by atoms with Gasteiger partial charge < -0.3 is 9.73 Å². The molecule has 0 radical (unpaired) electrons. The van der Waals surface area contributed by atoms with E-state index in [2.05, 4.69) is 10.3 Å². The number of nitrogens with zero attached hydrogens (tertiary/aromatic N) is 2. The van der Waals surface area contributed by atoms with Crippen molar-refractivity contribution in [3.05, 3.63) is 52.5 Å². The zero-order chi connectivity index (χ0) is 12.3. The highest BCUT2D eigenvalue weighted by Crippen LogP contribution is 2.27. The van der Waals surface area contributed by atoms with Gasteiger partial charge in [0.2, 0.25) is 0 Å². The first kappa shape index (κ1) is 11.1. The van der Waals surface area contributed by atoms with Crippen molar-refractivity contribution in [2.75, 3.05) is 5.32 Å². The van der Waals surface area contributed by atoms with Gasteiger partial charge in [-0.3, -0.25) is 10.1 Å². The number of nitrogens with one attached hydrogen (secondary N) is 1. The lowest BCUT2D eigenvalue weighted by atomic mass is 10.2. The van der Waals surface area contributed by atoms with Crippen LogP contribution in [0.4, 0.5) is 15.8 Å². The Balaban J connectivity index is 2.22. The lowest BCUT2D eigenvalue weighted by molar-refractivity contribution is -0.384. The van der Waals surface area contributed by atoms with E-state index in [0.717, 1.165) is 6.07 Å². The zero-order valence-corrected chi connectivity index (χ0v) is 8.59. The summed E-state index contributed by atoms with van der Waals surface area (Å²) in [6.45, 7) is 0.127. The Labute approximate surface area is 95.2 Å². The number of halogens is 1. The second kappa shape index (κ2) is 4.60. The normalized spacial score (nSPS) is 10.2. The van der Waals surface area contributed by atoms with Crippen molar-refractivity contribution >= 4 is 11.4 Å². The maximum absolute atomic E-state index is 13.4. The van der Waals surface area contributed by atoms with Crippen molar-refractivity contribution in [1.29, 1.82) is 0 Å². The second-order valence-corrected chi connectivity index (χ2v) is 3.21. The number of nitro groups is 1. The van der Waals surface area contributed by atoms with Crippen LogP contribution in [0.5, 0.6) is 0 Å². The Morgan fingerprint density at radius 1 is 1.53 bits per heavy atom. The number of benzene rings is 1. The maximum Gasteiger partial charge on any atom is 0.295 e. The van der Waals surface area contributed by atoms with Crippen LogP contribution in [-0.4, -0.2) is 9.91 Å². The first-order valence-corrected chi connectivity index (χ1v) is 4.72. The van der Waals surface area contributed by atoms with Crippen molar-refractivity contribution in [3.8, 4) is 0 Å². The summed E-state index contributed by atoms with van der Waals surface area (Å²) in [6, 6.07) is 3.66. The summed E-state index contributed by atoms with van der Waals surface area (Å²) >= 11 is 0. The minimum Gasteiger partial charge on any atom is -0.447 e. The number of anilines is 1. The average molecular weight is 237 g/mol. The Morgan fingerprint density at radius 3 is 3.00 bits per heavy atom. The van der Waals surface area contributed by atoms with Gasteiger partial charge in [0.1, 0.15) is 11.4 Å². The number of nitro benzene ring substituents is 1. The molecular formula is C10H8FN3O3. The molecule has 2 rings (SSSR count). The molecule has 0 atom stereocenters. The van der Waals surface area contributed by atoms with E-state index in [4.69, 9.17) is 4.42 Å². The summed E-state index contributed by atoms with van der Waals surface area (Å²) in [5.41, 5.74) is -0.474. The van der Waals surface area contributed by atoms with Gasteiger partial charge in [0.25, 0.3) is 5.69 Å². The zero-order valence-electron chi connectivity index (χ0n) is 8.59. The summed E-state index contributed by atoms with van der Waals surface area (Å²) in [6.07, 6.45) is 2.67. The van der Waals surface area contributed by atoms with Crippen LogP contribution in [0.15, 0.2) is 35.2 Å². The fourth-order valence-corrected chi connectivity index (χ4v) is 1.34. The predicted octanol–water partition coefficient (Wildman–Crippen LogP) is 2.33. The molecule has 6 nitrogen and oxygen atoms in total. The smallest absolute Gasteiger partial charge is 0.295 e. The molecule has 2 aromatic rings. The van der Waals surface area contributed by atoms with E-state index in [-0.39, 0.29) is 17.9 Å². The van der Waals surface area contributed by atoms with E-state index in [0.29, 0.717) is 5.76 Å². The number of rotatable bonds is 4. The third-order valence-electron chi connectivity index (χ3n) is 2.11. The van der Waals surface area contributed by atoms with Gasteiger partial charge in [-0.1, -0.05) is 6.07 Å². The minimum atomic E-state index is -0.682. The highest BCUT2D eigenvalue weighted by atomic mass is 19.1. The standard InChI is InChI=1S/C10H8FN3O3/c11-8-2-1-3-9(14(15)16)10(8)13-5-7-4-12-6-17-7/h1-4,6,13H,5H2. The molecule has 0 bridgehead atoms. The quantitative estimate of drug-likeness (QED) is 0.651. The van der Waals surface area contributed by atoms with Gasteiger partial charge >= 0.3 is 0 Å². The third kappa shape index (κ3) is 2.39. The van der Waals surface area contributed by atoms with Crippen LogP contribution in [-0.2, 0) is 6.54 Å². The van der Waals surface area contributed by atoms with Gasteiger partial charge in [0.05, 0.1) is 17.7 Å². The molecule has 1 aromatic heterocycles. The first-order chi connectivity index (χ1) is 8.18. The average Bonchev–Trinajstić information content (AvgIpc) is 2.80. The lowest BCUT2D eigenvalue weighted by Crippen LogP contribution is -2.04. The van der Waals surface area contributed by atoms with Crippen LogP contribution >= 0.6 is 0 Å². The summed E-state index contributed by atoms with van der Waals surface area (Å²) in [4.78, 5) is 13.7. The SMILES string of the molecule is O=[N+]([O-])c1cccc(F)c1NCc1cnco1. The molecule has 0 aliphatic carbocycles. The number of aromatic nitrogens is 1. The lowest BCUT2D eigenvalue weighted by Gasteiger charge is -2.05. The number of hydrogen-bond acceptors (Lipinski definition) is 5. The van der Waals surface area contributed by atoms with Crippen molar-refractivity contribution < 1.29 is 13.7 Å². The molecule has 7 heteroatoms. The van der Waals surface area contributed by atoms with Crippen LogP contribution in [0.25, 0.3) is 0 Å². The third-order valence-corrected chi connectivity index (χ3v) is 2.11. The van der Waals surface area contributed by atoms with Gasteiger partial charge in [-0.05, 0) is 6.07 Å². The molecule has 88 valence electrons. The van der Waals surface area contributed by atoms with Gasteiger partial charge in [-0.2, -0.15) is 0 Å². The minimum absolute atomic E-state index is 0.127. The van der Waals surface area contributed by atoms with Gasteiger partial charge in [-0.15, -0.1) is 0 Å². The van der Waals surface area contributed by atoms with E-state index >= 15 is 0 Å². The van der Waals surface area contributed by atoms with E-state index in [9.17, 15) is 14.5 Å². The number of oxazole rings is 1. The van der Waals surface area contributed by atoms with Gasteiger partial charge in [0, 0.05) is 6.07 Å². The Kier molecular flexibility index (Phi) is 2.99. The molecule has 0 saturated carbocycles. The second-order valence-electron chi connectivity index (χ2n) is 3.21. The molecule has 0 aliphatic rings. The Bertz CT molecular complexity index is 528. The van der Waals surface area contributed by atoms with Crippen molar-refractivity contribution in [1.82, 2.24) is 4.98 Å². The Hall–Kier alpha value is -2.44. The van der Waals surface area contributed by atoms with Crippen molar-refractivity contribution in [2.45, 2.75) is 6.54 Å². The number of hydrogen-bond donors (Lipinski definition) is 1. The van der Waals surface area contributed by atoms with E-state index in [1.54, 1.807) is 0 Å². The summed E-state index contributed by atoms with van der Waals surface area (Å²) in [7, 11) is 0. The fourth-order valence-electron chi connectivity index (χ4n) is 1.34. The van der Waals surface area contributed by atoms with Crippen LogP contribution in [0.2, 0.25) is 0 Å². The maximum atomic E-state index is 13.4. The summed E-state index contributed by atoms with van der Waals surface area (Å²) in [5.74, 6) is -0.221. The monoisotopic (exact) mass is 237 g/mol. The summed E-state index contributed by atoms with van der Waals surface area (Å²) < 4.78 is 18.4. The molecule has 1 heterocycles. The molecule has 0 aliphatic heterocycles. The van der Waals surface area contributed by atoms with Crippen molar-refractivity contribution in [2.24, 2.45) is 0 Å². The van der Waals surface area contributed by atoms with Crippen LogP contribution in [0, 0.1) is 15.9 Å². The molecule has 0 spiro atoms. The van der Waals surface area contributed by atoms with Crippen LogP contribution in [0.3, 0.4) is 0 Å². The Morgan fingerprint density at radius 2 is 2.35 bits per heavy atom. The topological polar surface area (TPSA) is 81.2 Å². The number of para-hydroxylation sites is 1. The highest BCUT2D eigenvalue weighted by Gasteiger charge is 2.17. The van der Waals surface area contributed by atoms with E-state index in [1.165, 1.54) is 24.7 Å². The van der Waals surface area contributed by atoms with Crippen molar-refractivity contribution in [3.63, 3.8) is 0 Å². The highest BCUT2D eigenvalue weighted by molar-refractivity contribution is 5.62. The summed E-state index contributed by atoms with van der Waals surface area (Å²) in [5, 5.41) is 13.3. The van der Waals surface area contributed by atoms with Gasteiger partial charge in [-0.25, -0.2) is 9.37 Å². The first-order valence-electron chi connectivity index (χ1n) is 4.72. The van der Waals surface area contributed by atoms with Crippen LogP contribution < -0.4 is 5.32 Å². The molecule has 1 N–H and O–H groups in total. The molecule has 0 saturated heterocycles. The van der Waals surface area contributed by atoms with E-state index < -0.39 is 10.7 Å². The molecule has 0 amide bonds. The largest absolute Gasteiger partial charge is 0.447 e. The predicted molar refractivity (Wildman–Crippen MR) is 56.9 cm³/mol. The molecular weight excluding hydrogens is 229 g/mol. The molecule has 0 fully saturated rings. The fraction of sp³-hybridized carbons (Fsp3) is 0.100. The molecule has 0 unspecified atom stereocenters. The van der Waals surface area contributed by atoms with E-state index in [1.807, 2.05) is 0 Å². The van der Waals surface area contributed by atoms with Gasteiger partial charge in [0.15, 0.2) is 12.2 Å². The molecule has 1 aromatic carbocycles. The molecule has 17 heavy (non-hydrogen) atoms.